The second kappa shape index (κ2) is 10.8. The summed E-state index contributed by atoms with van der Waals surface area (Å²) in [6.07, 6.45) is 2.08. The number of hydrogen-bond acceptors (Lipinski definition) is 5. The number of rotatable bonds is 5. The average molecular weight is 670 g/mol. The minimum atomic E-state index is -0.253. The Labute approximate surface area is 295 Å². The van der Waals surface area contributed by atoms with Crippen molar-refractivity contribution in [2.45, 2.75) is 45.4 Å². The Balaban J connectivity index is 1.30. The second-order valence-corrected chi connectivity index (χ2v) is 16.0. The normalized spacial score (nSPS) is 15.4. The molecule has 0 fully saturated rings. The molecule has 5 heteroatoms. The van der Waals surface area contributed by atoms with Crippen molar-refractivity contribution in [2.75, 3.05) is 0 Å². The quantitative estimate of drug-likeness (QED) is 0.183. The number of benzene rings is 4. The molecule has 3 aromatic heterocycles. The Morgan fingerprint density at radius 1 is 0.571 bits per heavy atom. The van der Waals surface area contributed by atoms with Crippen LogP contribution >= 0.6 is 22.7 Å². The standard InChI is InChI=1S/C44H35N3S2/c1-7-32-38(26-15-9-8-14-25(26)2)30-23-34-31(24-33(30)43(32,3)4)39-28-17-11-10-16-27(28)29(22-35(39)44(34,5)6)40-45-41(36-18-12-20-48-36)47-42(46-40)37-19-13-21-49-37/h7-24H,1H2,2-6H3. The van der Waals surface area contributed by atoms with Crippen molar-refractivity contribution in [3.05, 3.63) is 153 Å². The Morgan fingerprint density at radius 2 is 1.14 bits per heavy atom. The highest BCUT2D eigenvalue weighted by atomic mass is 32.1. The van der Waals surface area contributed by atoms with Crippen molar-refractivity contribution in [3.63, 3.8) is 0 Å². The van der Waals surface area contributed by atoms with Crippen molar-refractivity contribution in [1.82, 2.24) is 15.0 Å². The molecule has 3 nitrogen and oxygen atoms in total. The van der Waals surface area contributed by atoms with Gasteiger partial charge in [0.15, 0.2) is 17.5 Å². The van der Waals surface area contributed by atoms with Crippen molar-refractivity contribution in [2.24, 2.45) is 0 Å². The Bertz CT molecular complexity index is 2460. The fraction of sp³-hybridized carbons (Fsp3) is 0.159. The van der Waals surface area contributed by atoms with E-state index in [0.29, 0.717) is 17.5 Å². The monoisotopic (exact) mass is 669 g/mol. The molecule has 0 amide bonds. The molecular weight excluding hydrogens is 635 g/mol. The molecule has 2 aliphatic carbocycles. The summed E-state index contributed by atoms with van der Waals surface area (Å²) in [6.45, 7) is 16.0. The van der Waals surface area contributed by atoms with Crippen molar-refractivity contribution in [3.8, 4) is 43.9 Å². The number of nitrogens with zero attached hydrogens (tertiary/aromatic N) is 3. The molecule has 3 heterocycles. The van der Waals surface area contributed by atoms with Crippen LogP contribution in [0.1, 0.15) is 61.1 Å². The van der Waals surface area contributed by atoms with E-state index in [1.165, 1.54) is 61.0 Å². The van der Waals surface area contributed by atoms with Crippen LogP contribution in [0.15, 0.2) is 120 Å². The first-order chi connectivity index (χ1) is 23.7. The highest BCUT2D eigenvalue weighted by Crippen LogP contribution is 2.58. The van der Waals surface area contributed by atoms with E-state index in [2.05, 4.69) is 149 Å². The maximum Gasteiger partial charge on any atom is 0.174 e. The summed E-state index contributed by atoms with van der Waals surface area (Å²) in [6, 6.07) is 33.1. The van der Waals surface area contributed by atoms with E-state index >= 15 is 0 Å². The molecule has 0 spiro atoms. The third-order valence-electron chi connectivity index (χ3n) is 10.7. The molecule has 7 aromatic rings. The van der Waals surface area contributed by atoms with Crippen LogP contribution in [-0.2, 0) is 10.8 Å². The number of allylic oxidation sites excluding steroid dienone is 2. The van der Waals surface area contributed by atoms with E-state index < -0.39 is 0 Å². The summed E-state index contributed by atoms with van der Waals surface area (Å²) in [5.74, 6) is 2.13. The van der Waals surface area contributed by atoms with Crippen LogP contribution in [0.5, 0.6) is 0 Å². The lowest BCUT2D eigenvalue weighted by Gasteiger charge is -2.25. The summed E-state index contributed by atoms with van der Waals surface area (Å²) < 4.78 is 0. The van der Waals surface area contributed by atoms with Crippen LogP contribution < -0.4 is 0 Å². The van der Waals surface area contributed by atoms with E-state index in [1.54, 1.807) is 22.7 Å². The van der Waals surface area contributed by atoms with Crippen LogP contribution in [0.2, 0.25) is 0 Å². The highest BCUT2D eigenvalue weighted by molar-refractivity contribution is 7.13. The lowest BCUT2D eigenvalue weighted by Crippen LogP contribution is -2.18. The fourth-order valence-electron chi connectivity index (χ4n) is 8.17. The van der Waals surface area contributed by atoms with Gasteiger partial charge in [-0.3, -0.25) is 0 Å². The zero-order valence-electron chi connectivity index (χ0n) is 28.3. The van der Waals surface area contributed by atoms with Gasteiger partial charge in [0.2, 0.25) is 0 Å². The molecule has 2 aliphatic rings. The third-order valence-corrected chi connectivity index (χ3v) is 12.4. The van der Waals surface area contributed by atoms with Gasteiger partial charge < -0.3 is 0 Å². The summed E-state index contributed by atoms with van der Waals surface area (Å²) >= 11 is 3.31. The molecule has 0 saturated heterocycles. The third kappa shape index (κ3) is 4.35. The largest absolute Gasteiger partial charge is 0.207 e. The van der Waals surface area contributed by atoms with Crippen LogP contribution in [0.3, 0.4) is 0 Å². The number of hydrogen-bond donors (Lipinski definition) is 0. The lowest BCUT2D eigenvalue weighted by atomic mass is 9.78. The number of aryl methyl sites for hydroxylation is 1. The molecule has 0 radical (unpaired) electrons. The Hall–Kier alpha value is -4.97. The molecule has 0 aliphatic heterocycles. The summed E-state index contributed by atoms with van der Waals surface area (Å²) in [5.41, 5.74) is 13.7. The van der Waals surface area contributed by atoms with E-state index in [1.807, 2.05) is 0 Å². The molecule has 49 heavy (non-hydrogen) atoms. The van der Waals surface area contributed by atoms with Gasteiger partial charge in [-0.2, -0.15) is 0 Å². The van der Waals surface area contributed by atoms with Crippen LogP contribution in [0, 0.1) is 6.92 Å². The summed E-state index contributed by atoms with van der Waals surface area (Å²) in [4.78, 5) is 17.3. The first-order valence-electron chi connectivity index (χ1n) is 16.7. The predicted molar refractivity (Wildman–Crippen MR) is 207 cm³/mol. The molecule has 0 unspecified atom stereocenters. The van der Waals surface area contributed by atoms with Gasteiger partial charge in [0.25, 0.3) is 0 Å². The molecule has 0 saturated carbocycles. The molecule has 0 atom stereocenters. The van der Waals surface area contributed by atoms with Gasteiger partial charge in [-0.15, -0.1) is 22.7 Å². The SMILES string of the molecule is C=CC1=C(c2ccccc2C)c2cc3c(cc2C1(C)C)-c1c(cc(-c2nc(-c4cccs4)nc(-c4cccs4)n2)c2ccccc12)C3(C)C. The summed E-state index contributed by atoms with van der Waals surface area (Å²) in [5, 5.41) is 6.52. The smallest absolute Gasteiger partial charge is 0.174 e. The molecule has 0 bridgehead atoms. The predicted octanol–water partition coefficient (Wildman–Crippen LogP) is 12.0. The van der Waals surface area contributed by atoms with E-state index in [-0.39, 0.29) is 10.8 Å². The van der Waals surface area contributed by atoms with E-state index in [0.717, 1.165) is 20.7 Å². The average Bonchev–Trinajstić information content (AvgIpc) is 3.91. The molecular formula is C44H35N3S2. The second-order valence-electron chi connectivity index (χ2n) is 14.2. The van der Waals surface area contributed by atoms with Crippen LogP contribution in [0.25, 0.3) is 60.3 Å². The highest BCUT2D eigenvalue weighted by Gasteiger charge is 2.43. The minimum absolute atomic E-state index is 0.187. The number of fused-ring (bicyclic) bond motifs is 6. The minimum Gasteiger partial charge on any atom is -0.207 e. The fourth-order valence-corrected chi connectivity index (χ4v) is 9.48. The van der Waals surface area contributed by atoms with Gasteiger partial charge in [0.1, 0.15) is 0 Å². The van der Waals surface area contributed by atoms with Gasteiger partial charge >= 0.3 is 0 Å². The van der Waals surface area contributed by atoms with Crippen molar-refractivity contribution in [1.29, 1.82) is 0 Å². The van der Waals surface area contributed by atoms with Crippen molar-refractivity contribution >= 4 is 39.0 Å². The van der Waals surface area contributed by atoms with Gasteiger partial charge in [-0.1, -0.05) is 101 Å². The maximum atomic E-state index is 5.14. The van der Waals surface area contributed by atoms with Crippen molar-refractivity contribution < 1.29 is 0 Å². The first-order valence-corrected chi connectivity index (χ1v) is 18.5. The van der Waals surface area contributed by atoms with Crippen LogP contribution in [0.4, 0.5) is 0 Å². The Morgan fingerprint density at radius 3 is 1.78 bits per heavy atom. The van der Waals surface area contributed by atoms with Gasteiger partial charge in [0.05, 0.1) is 9.75 Å². The summed E-state index contributed by atoms with van der Waals surface area (Å²) in [7, 11) is 0. The van der Waals surface area contributed by atoms with E-state index in [9.17, 15) is 0 Å². The first kappa shape index (κ1) is 30.1. The van der Waals surface area contributed by atoms with E-state index in [4.69, 9.17) is 15.0 Å². The zero-order chi connectivity index (χ0) is 33.7. The van der Waals surface area contributed by atoms with Gasteiger partial charge in [-0.05, 0) is 114 Å². The zero-order valence-corrected chi connectivity index (χ0v) is 29.9. The van der Waals surface area contributed by atoms with Gasteiger partial charge in [0, 0.05) is 16.4 Å². The molecule has 4 aromatic carbocycles. The van der Waals surface area contributed by atoms with Gasteiger partial charge in [-0.25, -0.2) is 15.0 Å². The number of aromatic nitrogens is 3. The number of thiophene rings is 2. The lowest BCUT2D eigenvalue weighted by molar-refractivity contribution is 0.647. The molecule has 0 N–H and O–H groups in total. The molecule has 9 rings (SSSR count). The molecule has 238 valence electrons. The maximum absolute atomic E-state index is 5.14. The van der Waals surface area contributed by atoms with Crippen LogP contribution in [-0.4, -0.2) is 15.0 Å². The topological polar surface area (TPSA) is 38.7 Å². The Kier molecular flexibility index (Phi) is 6.62.